The van der Waals surface area contributed by atoms with Gasteiger partial charge in [-0.05, 0) is 35.1 Å². The average molecular weight is 335 g/mol. The summed E-state index contributed by atoms with van der Waals surface area (Å²) in [6, 6.07) is 30.8. The van der Waals surface area contributed by atoms with Gasteiger partial charge in [-0.1, -0.05) is 80.6 Å². The van der Waals surface area contributed by atoms with Gasteiger partial charge in [0.05, 0.1) is 16.7 Å². The van der Waals surface area contributed by atoms with Crippen LogP contribution in [-0.2, 0) is 0 Å². The molecule has 0 amide bonds. The Hall–Kier alpha value is -3.06. The standard InChI is InChI=1S/C25H21N/c1-17(2)18-15-16-25(20-10-4-3-9-19(18)20)26-23-13-7-5-11-21(23)22-12-6-8-14-24(22)26/h3-17H,1-2H3. The summed E-state index contributed by atoms with van der Waals surface area (Å²) < 4.78 is 2.41. The molecule has 0 aliphatic carbocycles. The first-order valence-corrected chi connectivity index (χ1v) is 9.26. The predicted molar refractivity (Wildman–Crippen MR) is 112 cm³/mol. The lowest BCUT2D eigenvalue weighted by atomic mass is 9.95. The molecule has 1 heterocycles. The molecule has 0 N–H and O–H groups in total. The maximum atomic E-state index is 2.41. The van der Waals surface area contributed by atoms with Crippen LogP contribution in [0.25, 0.3) is 38.3 Å². The van der Waals surface area contributed by atoms with Crippen LogP contribution in [-0.4, -0.2) is 4.57 Å². The zero-order valence-electron chi connectivity index (χ0n) is 15.1. The highest BCUT2D eigenvalue weighted by Crippen LogP contribution is 2.36. The van der Waals surface area contributed by atoms with Gasteiger partial charge in [0.2, 0.25) is 0 Å². The number of hydrogen-bond donors (Lipinski definition) is 0. The fourth-order valence-corrected chi connectivity index (χ4v) is 4.19. The van der Waals surface area contributed by atoms with Crippen molar-refractivity contribution >= 4 is 32.6 Å². The Morgan fingerprint density at radius 2 is 1.04 bits per heavy atom. The van der Waals surface area contributed by atoms with Gasteiger partial charge < -0.3 is 4.57 Å². The highest BCUT2D eigenvalue weighted by molar-refractivity contribution is 6.10. The van der Waals surface area contributed by atoms with Crippen LogP contribution < -0.4 is 0 Å². The summed E-state index contributed by atoms with van der Waals surface area (Å²) in [6.45, 7) is 4.53. The Kier molecular flexibility index (Phi) is 3.36. The number of aromatic nitrogens is 1. The van der Waals surface area contributed by atoms with Crippen molar-refractivity contribution in [3.05, 3.63) is 90.5 Å². The molecule has 0 aliphatic heterocycles. The minimum Gasteiger partial charge on any atom is -0.309 e. The van der Waals surface area contributed by atoms with Gasteiger partial charge in [-0.3, -0.25) is 0 Å². The number of nitrogens with zero attached hydrogens (tertiary/aromatic N) is 1. The van der Waals surface area contributed by atoms with E-state index < -0.39 is 0 Å². The number of rotatable bonds is 2. The van der Waals surface area contributed by atoms with Crippen LogP contribution in [0.15, 0.2) is 84.9 Å². The third-order valence-electron chi connectivity index (χ3n) is 5.38. The summed E-state index contributed by atoms with van der Waals surface area (Å²) in [4.78, 5) is 0. The van der Waals surface area contributed by atoms with E-state index in [0.29, 0.717) is 5.92 Å². The summed E-state index contributed by atoms with van der Waals surface area (Å²) in [5.41, 5.74) is 5.18. The zero-order valence-corrected chi connectivity index (χ0v) is 15.1. The molecular formula is C25H21N. The van der Waals surface area contributed by atoms with Crippen LogP contribution in [0.4, 0.5) is 0 Å². The van der Waals surface area contributed by atoms with E-state index >= 15 is 0 Å². The molecule has 0 aliphatic rings. The van der Waals surface area contributed by atoms with E-state index in [1.54, 1.807) is 0 Å². The Labute approximate surface area is 153 Å². The minimum atomic E-state index is 0.507. The largest absolute Gasteiger partial charge is 0.309 e. The molecule has 1 heteroatoms. The fourth-order valence-electron chi connectivity index (χ4n) is 4.19. The van der Waals surface area contributed by atoms with Crippen molar-refractivity contribution in [2.75, 3.05) is 0 Å². The van der Waals surface area contributed by atoms with Gasteiger partial charge >= 0.3 is 0 Å². The summed E-state index contributed by atoms with van der Waals surface area (Å²) in [6.07, 6.45) is 0. The zero-order chi connectivity index (χ0) is 17.7. The van der Waals surface area contributed by atoms with Crippen molar-refractivity contribution in [1.82, 2.24) is 4.57 Å². The normalized spacial score (nSPS) is 11.8. The third-order valence-corrected chi connectivity index (χ3v) is 5.38. The van der Waals surface area contributed by atoms with E-state index in [-0.39, 0.29) is 0 Å². The third kappa shape index (κ3) is 2.10. The first-order valence-electron chi connectivity index (χ1n) is 9.26. The Morgan fingerprint density at radius 1 is 0.538 bits per heavy atom. The molecule has 5 aromatic rings. The van der Waals surface area contributed by atoms with Crippen LogP contribution in [0.1, 0.15) is 25.3 Å². The van der Waals surface area contributed by atoms with Gasteiger partial charge in [0.15, 0.2) is 0 Å². The molecule has 0 atom stereocenters. The minimum absolute atomic E-state index is 0.507. The lowest BCUT2D eigenvalue weighted by Crippen LogP contribution is -1.98. The average Bonchev–Trinajstić information content (AvgIpc) is 3.01. The Bertz CT molecular complexity index is 1200. The molecule has 1 aromatic heterocycles. The first kappa shape index (κ1) is 15.2. The number of fused-ring (bicyclic) bond motifs is 4. The second kappa shape index (κ2) is 5.74. The van der Waals surface area contributed by atoms with E-state index in [2.05, 4.69) is 103 Å². The van der Waals surface area contributed by atoms with Crippen LogP contribution in [0, 0.1) is 0 Å². The summed E-state index contributed by atoms with van der Waals surface area (Å²) in [5.74, 6) is 0.507. The molecule has 26 heavy (non-hydrogen) atoms. The van der Waals surface area contributed by atoms with Crippen molar-refractivity contribution < 1.29 is 0 Å². The Balaban J connectivity index is 1.96. The summed E-state index contributed by atoms with van der Waals surface area (Å²) in [7, 11) is 0. The quantitative estimate of drug-likeness (QED) is 0.325. The molecule has 0 bridgehead atoms. The summed E-state index contributed by atoms with van der Waals surface area (Å²) in [5, 5.41) is 5.27. The van der Waals surface area contributed by atoms with Crippen LogP contribution >= 0.6 is 0 Å². The molecular weight excluding hydrogens is 314 g/mol. The van der Waals surface area contributed by atoms with Gasteiger partial charge in [-0.15, -0.1) is 0 Å². The molecule has 4 aromatic carbocycles. The highest BCUT2D eigenvalue weighted by atomic mass is 15.0. The number of hydrogen-bond acceptors (Lipinski definition) is 0. The molecule has 1 nitrogen and oxygen atoms in total. The molecule has 5 rings (SSSR count). The van der Waals surface area contributed by atoms with E-state index in [0.717, 1.165) is 0 Å². The molecule has 0 radical (unpaired) electrons. The second-order valence-electron chi connectivity index (χ2n) is 7.24. The van der Waals surface area contributed by atoms with E-state index in [4.69, 9.17) is 0 Å². The van der Waals surface area contributed by atoms with Crippen molar-refractivity contribution in [3.63, 3.8) is 0 Å². The van der Waals surface area contributed by atoms with Crippen LogP contribution in [0.3, 0.4) is 0 Å². The van der Waals surface area contributed by atoms with Gasteiger partial charge in [0.1, 0.15) is 0 Å². The van der Waals surface area contributed by atoms with Gasteiger partial charge in [-0.25, -0.2) is 0 Å². The molecule has 126 valence electrons. The summed E-state index contributed by atoms with van der Waals surface area (Å²) >= 11 is 0. The lowest BCUT2D eigenvalue weighted by molar-refractivity contribution is 0.876. The first-order chi connectivity index (χ1) is 12.8. The van der Waals surface area contributed by atoms with E-state index in [1.807, 2.05) is 0 Å². The van der Waals surface area contributed by atoms with Gasteiger partial charge in [0, 0.05) is 16.2 Å². The molecule has 0 fully saturated rings. The van der Waals surface area contributed by atoms with Gasteiger partial charge in [0.25, 0.3) is 0 Å². The second-order valence-corrected chi connectivity index (χ2v) is 7.24. The lowest BCUT2D eigenvalue weighted by Gasteiger charge is -2.16. The molecule has 0 unspecified atom stereocenters. The maximum Gasteiger partial charge on any atom is 0.0541 e. The number of benzene rings is 4. The monoisotopic (exact) mass is 335 g/mol. The predicted octanol–water partition coefficient (Wildman–Crippen LogP) is 7.06. The molecule has 0 saturated heterocycles. The molecule has 0 saturated carbocycles. The van der Waals surface area contributed by atoms with Crippen molar-refractivity contribution in [2.45, 2.75) is 19.8 Å². The topological polar surface area (TPSA) is 4.93 Å². The fraction of sp³-hybridized carbons (Fsp3) is 0.120. The SMILES string of the molecule is CC(C)c1ccc(-n2c3ccccc3c3ccccc32)c2ccccc12. The van der Waals surface area contributed by atoms with Crippen molar-refractivity contribution in [2.24, 2.45) is 0 Å². The Morgan fingerprint density at radius 3 is 1.62 bits per heavy atom. The molecule has 0 spiro atoms. The van der Waals surface area contributed by atoms with Crippen molar-refractivity contribution in [1.29, 1.82) is 0 Å². The van der Waals surface area contributed by atoms with E-state index in [1.165, 1.54) is 43.8 Å². The van der Waals surface area contributed by atoms with E-state index in [9.17, 15) is 0 Å². The smallest absolute Gasteiger partial charge is 0.0541 e. The van der Waals surface area contributed by atoms with Gasteiger partial charge in [-0.2, -0.15) is 0 Å². The van der Waals surface area contributed by atoms with Crippen molar-refractivity contribution in [3.8, 4) is 5.69 Å². The maximum absolute atomic E-state index is 2.41. The van der Waals surface area contributed by atoms with Crippen LogP contribution in [0.5, 0.6) is 0 Å². The number of para-hydroxylation sites is 2. The van der Waals surface area contributed by atoms with Crippen LogP contribution in [0.2, 0.25) is 0 Å². The highest BCUT2D eigenvalue weighted by Gasteiger charge is 2.15.